The Kier molecular flexibility index (Phi) is 5.91. The second-order valence-electron chi connectivity index (χ2n) is 5.67. The maximum atomic E-state index is 12.5. The van der Waals surface area contributed by atoms with Crippen LogP contribution in [-0.2, 0) is 0 Å². The maximum Gasteiger partial charge on any atom is 0.274 e. The molecule has 2 N–H and O–H groups in total. The number of hydrogen-bond acceptors (Lipinski definition) is 7. The van der Waals surface area contributed by atoms with Crippen molar-refractivity contribution in [1.29, 1.82) is 0 Å². The van der Waals surface area contributed by atoms with Crippen molar-refractivity contribution in [3.63, 3.8) is 0 Å². The summed E-state index contributed by atoms with van der Waals surface area (Å²) < 4.78 is 15.6. The van der Waals surface area contributed by atoms with E-state index in [1.807, 2.05) is 6.07 Å². The molecule has 1 amide bonds. The van der Waals surface area contributed by atoms with Gasteiger partial charge in [-0.2, -0.15) is 0 Å². The van der Waals surface area contributed by atoms with E-state index >= 15 is 0 Å². The number of carbonyl (C=O) groups is 1. The first-order valence-corrected chi connectivity index (χ1v) is 8.39. The number of nitrogens with one attached hydrogen (secondary N) is 2. The highest BCUT2D eigenvalue weighted by Crippen LogP contribution is 2.30. The Balaban J connectivity index is 1.73. The summed E-state index contributed by atoms with van der Waals surface area (Å²) in [6.45, 7) is 0. The van der Waals surface area contributed by atoms with E-state index in [4.69, 9.17) is 14.2 Å². The average Bonchev–Trinajstić information content (AvgIpc) is 2.74. The van der Waals surface area contributed by atoms with Gasteiger partial charge in [-0.3, -0.25) is 4.79 Å². The van der Waals surface area contributed by atoms with E-state index in [-0.39, 0.29) is 11.6 Å². The van der Waals surface area contributed by atoms with Crippen LogP contribution in [0.2, 0.25) is 0 Å². The van der Waals surface area contributed by atoms with Crippen molar-refractivity contribution in [3.8, 4) is 17.2 Å². The third-order valence-corrected chi connectivity index (χ3v) is 3.90. The smallest absolute Gasteiger partial charge is 0.274 e. The number of carbonyl (C=O) groups excluding carboxylic acids is 1. The van der Waals surface area contributed by atoms with E-state index in [1.165, 1.54) is 6.33 Å². The molecule has 0 spiro atoms. The Morgan fingerprint density at radius 3 is 2.21 bits per heavy atom. The molecule has 0 radical (unpaired) electrons. The predicted molar refractivity (Wildman–Crippen MR) is 106 cm³/mol. The SMILES string of the molecule is COc1ccc(NC(=O)c2cc(Nc3ccc(OC)c(OC)c3)ncn2)cc1. The van der Waals surface area contributed by atoms with Gasteiger partial charge < -0.3 is 24.8 Å². The number of aromatic nitrogens is 2. The fourth-order valence-electron chi connectivity index (χ4n) is 2.48. The van der Waals surface area contributed by atoms with Crippen LogP contribution in [0.25, 0.3) is 0 Å². The van der Waals surface area contributed by atoms with Gasteiger partial charge in [0.1, 0.15) is 23.6 Å². The molecule has 0 bridgehead atoms. The summed E-state index contributed by atoms with van der Waals surface area (Å²) in [6, 6.07) is 14.0. The number of hydrogen-bond donors (Lipinski definition) is 2. The lowest BCUT2D eigenvalue weighted by molar-refractivity contribution is 0.102. The molecule has 0 unspecified atom stereocenters. The van der Waals surface area contributed by atoms with Gasteiger partial charge in [0.2, 0.25) is 0 Å². The lowest BCUT2D eigenvalue weighted by Crippen LogP contribution is -2.14. The molecule has 0 aliphatic heterocycles. The minimum Gasteiger partial charge on any atom is -0.497 e. The average molecular weight is 380 g/mol. The van der Waals surface area contributed by atoms with Crippen LogP contribution < -0.4 is 24.8 Å². The van der Waals surface area contributed by atoms with Crippen LogP contribution in [0.15, 0.2) is 54.9 Å². The third-order valence-electron chi connectivity index (χ3n) is 3.90. The van der Waals surface area contributed by atoms with Crippen molar-refractivity contribution in [2.75, 3.05) is 32.0 Å². The molecule has 0 fully saturated rings. The summed E-state index contributed by atoms with van der Waals surface area (Å²) in [5, 5.41) is 5.91. The van der Waals surface area contributed by atoms with E-state index in [0.29, 0.717) is 28.8 Å². The first kappa shape index (κ1) is 19.0. The molecule has 0 saturated carbocycles. The number of nitrogens with zero attached hydrogens (tertiary/aromatic N) is 2. The first-order valence-electron chi connectivity index (χ1n) is 8.39. The molecule has 8 nitrogen and oxygen atoms in total. The van der Waals surface area contributed by atoms with Crippen molar-refractivity contribution >= 4 is 23.1 Å². The second kappa shape index (κ2) is 8.72. The molecule has 0 saturated heterocycles. The number of ether oxygens (including phenoxy) is 3. The normalized spacial score (nSPS) is 10.1. The van der Waals surface area contributed by atoms with Gasteiger partial charge >= 0.3 is 0 Å². The van der Waals surface area contributed by atoms with Crippen molar-refractivity contribution in [2.45, 2.75) is 0 Å². The summed E-state index contributed by atoms with van der Waals surface area (Å²) in [5.74, 6) is 2.04. The number of anilines is 3. The van der Waals surface area contributed by atoms with Crippen molar-refractivity contribution in [1.82, 2.24) is 9.97 Å². The summed E-state index contributed by atoms with van der Waals surface area (Å²) in [5.41, 5.74) is 1.60. The summed E-state index contributed by atoms with van der Waals surface area (Å²) in [6.07, 6.45) is 1.33. The molecule has 144 valence electrons. The van der Waals surface area contributed by atoms with Crippen LogP contribution in [-0.4, -0.2) is 37.2 Å². The van der Waals surface area contributed by atoms with Crippen LogP contribution >= 0.6 is 0 Å². The van der Waals surface area contributed by atoms with E-state index < -0.39 is 0 Å². The minimum absolute atomic E-state index is 0.230. The van der Waals surface area contributed by atoms with Gasteiger partial charge in [0.25, 0.3) is 5.91 Å². The zero-order chi connectivity index (χ0) is 19.9. The first-order chi connectivity index (χ1) is 13.6. The highest BCUT2D eigenvalue weighted by molar-refractivity contribution is 6.03. The second-order valence-corrected chi connectivity index (χ2v) is 5.67. The molecular formula is C20H20N4O4. The number of rotatable bonds is 7. The van der Waals surface area contributed by atoms with Gasteiger partial charge in [-0.05, 0) is 36.4 Å². The Morgan fingerprint density at radius 1 is 0.821 bits per heavy atom. The largest absolute Gasteiger partial charge is 0.497 e. The summed E-state index contributed by atoms with van der Waals surface area (Å²) in [7, 11) is 4.72. The van der Waals surface area contributed by atoms with Gasteiger partial charge in [0.15, 0.2) is 11.5 Å². The molecular weight excluding hydrogens is 360 g/mol. The molecule has 0 aliphatic carbocycles. The fraction of sp³-hybridized carbons (Fsp3) is 0.150. The Labute approximate surface area is 162 Å². The molecule has 1 aromatic heterocycles. The highest BCUT2D eigenvalue weighted by Gasteiger charge is 2.11. The third kappa shape index (κ3) is 4.47. The summed E-state index contributed by atoms with van der Waals surface area (Å²) in [4.78, 5) is 20.7. The van der Waals surface area contributed by atoms with Gasteiger partial charge in [-0.25, -0.2) is 9.97 Å². The van der Waals surface area contributed by atoms with Crippen LogP contribution in [0, 0.1) is 0 Å². The maximum absolute atomic E-state index is 12.5. The Hall–Kier alpha value is -3.81. The molecule has 1 heterocycles. The molecule has 0 aliphatic rings. The van der Waals surface area contributed by atoms with Crippen molar-refractivity contribution < 1.29 is 19.0 Å². The lowest BCUT2D eigenvalue weighted by atomic mass is 10.2. The van der Waals surface area contributed by atoms with E-state index in [1.54, 1.807) is 63.8 Å². The van der Waals surface area contributed by atoms with Crippen molar-refractivity contribution in [3.05, 3.63) is 60.6 Å². The Bertz CT molecular complexity index is 961. The van der Waals surface area contributed by atoms with Crippen LogP contribution in [0.4, 0.5) is 17.2 Å². The van der Waals surface area contributed by atoms with Crippen molar-refractivity contribution in [2.24, 2.45) is 0 Å². The van der Waals surface area contributed by atoms with Gasteiger partial charge in [0, 0.05) is 23.5 Å². The summed E-state index contributed by atoms with van der Waals surface area (Å²) >= 11 is 0. The molecule has 8 heteroatoms. The van der Waals surface area contributed by atoms with Crippen LogP contribution in [0.1, 0.15) is 10.5 Å². The quantitative estimate of drug-likeness (QED) is 0.648. The molecule has 3 aromatic rings. The monoisotopic (exact) mass is 380 g/mol. The van der Waals surface area contributed by atoms with Gasteiger partial charge in [-0.15, -0.1) is 0 Å². The Morgan fingerprint density at radius 2 is 1.54 bits per heavy atom. The van der Waals surface area contributed by atoms with Crippen LogP contribution in [0.3, 0.4) is 0 Å². The predicted octanol–water partition coefficient (Wildman–Crippen LogP) is 3.50. The number of amides is 1. The lowest BCUT2D eigenvalue weighted by Gasteiger charge is -2.11. The van der Waals surface area contributed by atoms with E-state index in [2.05, 4.69) is 20.6 Å². The molecule has 2 aromatic carbocycles. The number of benzene rings is 2. The molecule has 28 heavy (non-hydrogen) atoms. The topological polar surface area (TPSA) is 94.6 Å². The van der Waals surface area contributed by atoms with E-state index in [0.717, 1.165) is 5.69 Å². The molecule has 0 atom stereocenters. The standard InChI is InChI=1S/C20H20N4O4/c1-26-15-7-4-13(5-8-15)24-20(25)16-11-19(22-12-21-16)23-14-6-9-17(27-2)18(10-14)28-3/h4-12H,1-3H3,(H,24,25)(H,21,22,23). The zero-order valence-corrected chi connectivity index (χ0v) is 15.7. The fourth-order valence-corrected chi connectivity index (χ4v) is 2.48. The molecule has 3 rings (SSSR count). The minimum atomic E-state index is -0.345. The van der Waals surface area contributed by atoms with Crippen LogP contribution in [0.5, 0.6) is 17.2 Å². The number of methoxy groups -OCH3 is 3. The van der Waals surface area contributed by atoms with Gasteiger partial charge in [0.05, 0.1) is 21.3 Å². The zero-order valence-electron chi connectivity index (χ0n) is 15.7. The van der Waals surface area contributed by atoms with E-state index in [9.17, 15) is 4.79 Å². The highest BCUT2D eigenvalue weighted by atomic mass is 16.5. The van der Waals surface area contributed by atoms with Gasteiger partial charge in [-0.1, -0.05) is 0 Å².